The summed E-state index contributed by atoms with van der Waals surface area (Å²) in [6.07, 6.45) is 3.50. The predicted octanol–water partition coefficient (Wildman–Crippen LogP) is 3.79. The zero-order valence-corrected chi connectivity index (χ0v) is 16.7. The van der Waals surface area contributed by atoms with Crippen molar-refractivity contribution in [2.75, 3.05) is 31.2 Å². The highest BCUT2D eigenvalue weighted by atomic mass is 35.5. The number of hydrogen-bond donors (Lipinski definition) is 3. The van der Waals surface area contributed by atoms with Gasteiger partial charge in [-0.05, 0) is 31.0 Å². The summed E-state index contributed by atoms with van der Waals surface area (Å²) in [7, 11) is 1.49. The van der Waals surface area contributed by atoms with Gasteiger partial charge in [-0.25, -0.2) is 4.98 Å². The monoisotopic (exact) mass is 420 g/mol. The van der Waals surface area contributed by atoms with Crippen LogP contribution in [0.25, 0.3) is 0 Å². The zero-order valence-electron chi connectivity index (χ0n) is 14.3. The maximum atomic E-state index is 12.2. The third kappa shape index (κ3) is 7.15. The molecule has 0 saturated carbocycles. The second kappa shape index (κ2) is 12.5. The Balaban J connectivity index is 0.00000312. The zero-order chi connectivity index (χ0) is 17.4. The number of methoxy groups -OCH3 is 1. The standard InChI is InChI=1S/C17H21ClN4O2.2ClH/c1-24-15-11-14(19)13(18)10-12(15)17(23)22-9-5-4-8-21-16-6-2-3-7-20-16;;/h2-3,6-7,10-11H,4-5,8-9,19H2,1H3,(H,20,21)(H,22,23);2*1H. The van der Waals surface area contributed by atoms with E-state index in [9.17, 15) is 4.79 Å². The highest BCUT2D eigenvalue weighted by molar-refractivity contribution is 6.33. The number of anilines is 2. The first kappa shape index (κ1) is 24.1. The SMILES string of the molecule is COc1cc(N)c(Cl)cc1C(=O)NCCCCNc1ccccn1.Cl.Cl. The van der Waals surface area contributed by atoms with Gasteiger partial charge in [0.15, 0.2) is 0 Å². The van der Waals surface area contributed by atoms with Gasteiger partial charge in [0.1, 0.15) is 11.6 Å². The van der Waals surface area contributed by atoms with Crippen LogP contribution in [0.5, 0.6) is 5.75 Å². The fourth-order valence-electron chi connectivity index (χ4n) is 2.15. The van der Waals surface area contributed by atoms with Gasteiger partial charge in [0.2, 0.25) is 0 Å². The summed E-state index contributed by atoms with van der Waals surface area (Å²) in [5.41, 5.74) is 6.47. The Labute approximate surface area is 170 Å². The Kier molecular flexibility index (Phi) is 11.6. The molecule has 0 atom stereocenters. The second-order valence-electron chi connectivity index (χ2n) is 5.18. The van der Waals surface area contributed by atoms with Crippen molar-refractivity contribution in [3.05, 3.63) is 47.1 Å². The molecule has 0 saturated heterocycles. The topological polar surface area (TPSA) is 89.3 Å². The van der Waals surface area contributed by atoms with Crippen LogP contribution in [0.15, 0.2) is 36.5 Å². The average molecular weight is 422 g/mol. The van der Waals surface area contributed by atoms with E-state index in [1.165, 1.54) is 13.2 Å². The number of benzene rings is 1. The summed E-state index contributed by atoms with van der Waals surface area (Å²) in [4.78, 5) is 16.4. The molecule has 0 spiro atoms. The van der Waals surface area contributed by atoms with Gasteiger partial charge >= 0.3 is 0 Å². The molecule has 1 amide bonds. The maximum Gasteiger partial charge on any atom is 0.255 e. The first-order valence-electron chi connectivity index (χ1n) is 7.68. The van der Waals surface area contributed by atoms with Gasteiger partial charge in [0, 0.05) is 25.4 Å². The van der Waals surface area contributed by atoms with Gasteiger partial charge < -0.3 is 21.1 Å². The highest BCUT2D eigenvalue weighted by Gasteiger charge is 2.14. The smallest absolute Gasteiger partial charge is 0.255 e. The van der Waals surface area contributed by atoms with Crippen molar-refractivity contribution in [2.24, 2.45) is 0 Å². The second-order valence-corrected chi connectivity index (χ2v) is 5.59. The normalized spacial score (nSPS) is 9.46. The van der Waals surface area contributed by atoms with E-state index < -0.39 is 0 Å². The summed E-state index contributed by atoms with van der Waals surface area (Å²) < 4.78 is 5.18. The number of nitrogens with two attached hydrogens (primary N) is 1. The summed E-state index contributed by atoms with van der Waals surface area (Å²) in [6.45, 7) is 1.36. The molecule has 0 aliphatic carbocycles. The predicted molar refractivity (Wildman–Crippen MR) is 111 cm³/mol. The molecular weight excluding hydrogens is 399 g/mol. The van der Waals surface area contributed by atoms with Crippen molar-refractivity contribution in [3.8, 4) is 5.75 Å². The van der Waals surface area contributed by atoms with Crippen LogP contribution in [-0.2, 0) is 0 Å². The Morgan fingerprint density at radius 3 is 2.62 bits per heavy atom. The Hall–Kier alpha value is -1.89. The largest absolute Gasteiger partial charge is 0.496 e. The summed E-state index contributed by atoms with van der Waals surface area (Å²) in [5, 5.41) is 6.41. The molecule has 6 nitrogen and oxygen atoms in total. The molecule has 0 aliphatic rings. The first-order valence-corrected chi connectivity index (χ1v) is 8.05. The van der Waals surface area contributed by atoms with Crippen LogP contribution in [0, 0.1) is 0 Å². The molecule has 1 aromatic carbocycles. The number of aromatic nitrogens is 1. The van der Waals surface area contributed by atoms with Gasteiger partial charge in [-0.15, -0.1) is 24.8 Å². The van der Waals surface area contributed by atoms with Crippen molar-refractivity contribution in [3.63, 3.8) is 0 Å². The number of hydrogen-bond acceptors (Lipinski definition) is 5. The minimum absolute atomic E-state index is 0. The molecule has 0 unspecified atom stereocenters. The number of pyridine rings is 1. The highest BCUT2D eigenvalue weighted by Crippen LogP contribution is 2.28. The lowest BCUT2D eigenvalue weighted by Crippen LogP contribution is -2.25. The number of halogens is 3. The number of carbonyl (C=O) groups excluding carboxylic acids is 1. The van der Waals surface area contributed by atoms with Crippen LogP contribution in [0.2, 0.25) is 5.02 Å². The van der Waals surface area contributed by atoms with Crippen molar-refractivity contribution in [1.82, 2.24) is 10.3 Å². The van der Waals surface area contributed by atoms with Gasteiger partial charge in [-0.1, -0.05) is 17.7 Å². The third-order valence-electron chi connectivity index (χ3n) is 3.42. The molecule has 0 bridgehead atoms. The summed E-state index contributed by atoms with van der Waals surface area (Å²) >= 11 is 5.97. The van der Waals surface area contributed by atoms with Crippen molar-refractivity contribution >= 4 is 53.8 Å². The van der Waals surface area contributed by atoms with Crippen LogP contribution in [0.4, 0.5) is 11.5 Å². The number of ether oxygens (including phenoxy) is 1. The fraction of sp³-hybridized carbons (Fsp3) is 0.294. The van der Waals surface area contributed by atoms with E-state index in [1.807, 2.05) is 18.2 Å². The molecular formula is C17H23Cl3N4O2. The molecule has 144 valence electrons. The lowest BCUT2D eigenvalue weighted by molar-refractivity contribution is 0.0950. The Morgan fingerprint density at radius 2 is 1.96 bits per heavy atom. The molecule has 4 N–H and O–H groups in total. The maximum absolute atomic E-state index is 12.2. The fourth-order valence-corrected chi connectivity index (χ4v) is 2.31. The van der Waals surface area contributed by atoms with Crippen LogP contribution in [0.1, 0.15) is 23.2 Å². The summed E-state index contributed by atoms with van der Waals surface area (Å²) in [5.74, 6) is 1.03. The number of rotatable bonds is 8. The van der Waals surface area contributed by atoms with Gasteiger partial charge in [-0.2, -0.15) is 0 Å². The van der Waals surface area contributed by atoms with Gasteiger partial charge in [-0.3, -0.25) is 4.79 Å². The number of amides is 1. The third-order valence-corrected chi connectivity index (χ3v) is 3.75. The average Bonchev–Trinajstić information content (AvgIpc) is 2.60. The van der Waals surface area contributed by atoms with E-state index in [0.29, 0.717) is 28.6 Å². The minimum Gasteiger partial charge on any atom is -0.496 e. The number of nitrogens with zero attached hydrogens (tertiary/aromatic N) is 1. The number of nitrogens with one attached hydrogen (secondary N) is 2. The molecule has 0 radical (unpaired) electrons. The minimum atomic E-state index is -0.230. The van der Waals surface area contributed by atoms with Crippen molar-refractivity contribution in [1.29, 1.82) is 0 Å². The van der Waals surface area contributed by atoms with E-state index in [-0.39, 0.29) is 30.7 Å². The van der Waals surface area contributed by atoms with Crippen LogP contribution < -0.4 is 21.1 Å². The molecule has 0 fully saturated rings. The van der Waals surface area contributed by atoms with E-state index in [1.54, 1.807) is 12.3 Å². The van der Waals surface area contributed by atoms with Gasteiger partial charge in [0.05, 0.1) is 23.4 Å². The molecule has 1 aromatic heterocycles. The Bertz CT molecular complexity index is 687. The number of carbonyl (C=O) groups is 1. The van der Waals surface area contributed by atoms with Crippen molar-refractivity contribution < 1.29 is 9.53 Å². The Morgan fingerprint density at radius 1 is 1.23 bits per heavy atom. The molecule has 2 rings (SSSR count). The summed E-state index contributed by atoms with van der Waals surface area (Å²) in [6, 6.07) is 8.79. The molecule has 1 heterocycles. The molecule has 0 aliphatic heterocycles. The van der Waals surface area contributed by atoms with E-state index in [0.717, 1.165) is 25.2 Å². The van der Waals surface area contributed by atoms with E-state index in [2.05, 4.69) is 15.6 Å². The van der Waals surface area contributed by atoms with Crippen LogP contribution in [-0.4, -0.2) is 31.1 Å². The molecule has 26 heavy (non-hydrogen) atoms. The lowest BCUT2D eigenvalue weighted by Gasteiger charge is -2.11. The number of nitrogen functional groups attached to an aromatic ring is 1. The lowest BCUT2D eigenvalue weighted by atomic mass is 10.1. The van der Waals surface area contributed by atoms with E-state index >= 15 is 0 Å². The first-order chi connectivity index (χ1) is 11.6. The quantitative estimate of drug-likeness (QED) is 0.446. The molecule has 2 aromatic rings. The van der Waals surface area contributed by atoms with Gasteiger partial charge in [0.25, 0.3) is 5.91 Å². The van der Waals surface area contributed by atoms with Crippen LogP contribution in [0.3, 0.4) is 0 Å². The van der Waals surface area contributed by atoms with Crippen LogP contribution >= 0.6 is 36.4 Å². The van der Waals surface area contributed by atoms with Crippen molar-refractivity contribution in [2.45, 2.75) is 12.8 Å². The molecule has 9 heteroatoms. The number of unbranched alkanes of at least 4 members (excludes halogenated alkanes) is 1. The van der Waals surface area contributed by atoms with E-state index in [4.69, 9.17) is 22.1 Å².